The minimum Gasteiger partial charge on any atom is -0.365 e. The highest BCUT2D eigenvalue weighted by atomic mass is 32.2. The summed E-state index contributed by atoms with van der Waals surface area (Å²) in [4.78, 5) is 26.8. The molecule has 1 heterocycles. The highest BCUT2D eigenvalue weighted by Crippen LogP contribution is 2.37. The normalized spacial score (nSPS) is 13.9. The van der Waals surface area contributed by atoms with Gasteiger partial charge in [0.05, 0.1) is 11.1 Å². The fraction of sp³-hybridized carbons (Fsp3) is 0.333. The van der Waals surface area contributed by atoms with Crippen LogP contribution in [-0.4, -0.2) is 18.1 Å². The fourth-order valence-electron chi connectivity index (χ4n) is 3.09. The summed E-state index contributed by atoms with van der Waals surface area (Å²) in [6, 6.07) is 7.46. The molecule has 126 valence electrons. The number of nitrogens with one attached hydrogen (secondary N) is 1. The number of carbonyl (C=O) groups is 2. The van der Waals surface area contributed by atoms with Gasteiger partial charge in [-0.25, -0.2) is 0 Å². The van der Waals surface area contributed by atoms with E-state index in [1.54, 1.807) is 6.07 Å². The number of anilines is 1. The number of hydrogen-bond donors (Lipinski definition) is 2. The molecule has 0 aliphatic heterocycles. The smallest absolute Gasteiger partial charge is 0.257 e. The quantitative estimate of drug-likeness (QED) is 0.637. The van der Waals surface area contributed by atoms with Crippen LogP contribution in [0.4, 0.5) is 5.00 Å². The van der Waals surface area contributed by atoms with Crippen molar-refractivity contribution >= 4 is 39.9 Å². The van der Waals surface area contributed by atoms with E-state index in [9.17, 15) is 9.59 Å². The number of hydrogen-bond acceptors (Lipinski definition) is 4. The molecule has 4 nitrogen and oxygen atoms in total. The second-order valence-corrected chi connectivity index (χ2v) is 7.74. The van der Waals surface area contributed by atoms with Crippen molar-refractivity contribution in [1.29, 1.82) is 0 Å². The first-order valence-electron chi connectivity index (χ1n) is 8.00. The van der Waals surface area contributed by atoms with Gasteiger partial charge in [-0.1, -0.05) is 18.6 Å². The first-order chi connectivity index (χ1) is 11.6. The molecule has 0 saturated heterocycles. The summed E-state index contributed by atoms with van der Waals surface area (Å²) in [6.45, 7) is 0. The van der Waals surface area contributed by atoms with Gasteiger partial charge < -0.3 is 11.1 Å². The highest BCUT2D eigenvalue weighted by Gasteiger charge is 2.24. The van der Waals surface area contributed by atoms with Crippen LogP contribution in [0.15, 0.2) is 29.2 Å². The van der Waals surface area contributed by atoms with Crippen molar-refractivity contribution in [3.63, 3.8) is 0 Å². The maximum absolute atomic E-state index is 12.7. The zero-order chi connectivity index (χ0) is 17.1. The molecule has 3 N–H and O–H groups in total. The van der Waals surface area contributed by atoms with Crippen LogP contribution < -0.4 is 11.1 Å². The van der Waals surface area contributed by atoms with Gasteiger partial charge in [0.2, 0.25) is 0 Å². The SMILES string of the molecule is CSc1ccccc1C(=O)Nc1sc2c(c1C(N)=O)CCCCC2. The van der Waals surface area contributed by atoms with Gasteiger partial charge in [-0.05, 0) is 49.6 Å². The Bertz CT molecular complexity index is 783. The molecular weight excluding hydrogens is 340 g/mol. The Morgan fingerprint density at radius 1 is 1.17 bits per heavy atom. The topological polar surface area (TPSA) is 72.2 Å². The Morgan fingerprint density at radius 2 is 1.92 bits per heavy atom. The van der Waals surface area contributed by atoms with Crippen molar-refractivity contribution in [3.8, 4) is 0 Å². The summed E-state index contributed by atoms with van der Waals surface area (Å²) in [5.41, 5.74) is 7.78. The molecule has 1 aromatic heterocycles. The van der Waals surface area contributed by atoms with Crippen LogP contribution in [0.25, 0.3) is 0 Å². The minimum atomic E-state index is -0.456. The molecule has 0 unspecified atom stereocenters. The summed E-state index contributed by atoms with van der Waals surface area (Å²) in [7, 11) is 0. The molecule has 1 aliphatic carbocycles. The number of amides is 2. The summed E-state index contributed by atoms with van der Waals surface area (Å²) in [6.07, 6.45) is 7.11. The van der Waals surface area contributed by atoms with E-state index < -0.39 is 5.91 Å². The van der Waals surface area contributed by atoms with Crippen molar-refractivity contribution in [2.75, 3.05) is 11.6 Å². The molecular formula is C18H20N2O2S2. The average molecular weight is 361 g/mol. The number of nitrogens with two attached hydrogens (primary N) is 1. The Balaban J connectivity index is 1.95. The molecule has 0 atom stereocenters. The molecule has 0 bridgehead atoms. The molecule has 2 amide bonds. The van der Waals surface area contributed by atoms with Crippen molar-refractivity contribution in [1.82, 2.24) is 0 Å². The van der Waals surface area contributed by atoms with Gasteiger partial charge in [0.25, 0.3) is 11.8 Å². The summed E-state index contributed by atoms with van der Waals surface area (Å²) < 4.78 is 0. The molecule has 24 heavy (non-hydrogen) atoms. The molecule has 1 aliphatic rings. The lowest BCUT2D eigenvalue weighted by atomic mass is 10.1. The van der Waals surface area contributed by atoms with Gasteiger partial charge in [-0.2, -0.15) is 0 Å². The van der Waals surface area contributed by atoms with Gasteiger partial charge in [0, 0.05) is 9.77 Å². The first kappa shape index (κ1) is 17.0. The summed E-state index contributed by atoms with van der Waals surface area (Å²) in [5, 5.41) is 3.52. The maximum atomic E-state index is 12.7. The lowest BCUT2D eigenvalue weighted by Gasteiger charge is -2.09. The van der Waals surface area contributed by atoms with E-state index in [0.29, 0.717) is 16.1 Å². The van der Waals surface area contributed by atoms with E-state index in [4.69, 9.17) is 5.73 Å². The van der Waals surface area contributed by atoms with E-state index >= 15 is 0 Å². The number of thioether (sulfide) groups is 1. The van der Waals surface area contributed by atoms with Gasteiger partial charge >= 0.3 is 0 Å². The third-order valence-corrected chi connectivity index (χ3v) is 6.25. The van der Waals surface area contributed by atoms with Crippen LogP contribution in [0.1, 0.15) is 50.4 Å². The molecule has 3 rings (SSSR count). The third-order valence-electron chi connectivity index (χ3n) is 4.25. The zero-order valence-electron chi connectivity index (χ0n) is 13.6. The average Bonchev–Trinajstić information content (AvgIpc) is 2.76. The molecule has 0 saturated carbocycles. The molecule has 0 radical (unpaired) electrons. The third kappa shape index (κ3) is 3.35. The second kappa shape index (κ2) is 7.40. The molecule has 0 fully saturated rings. The molecule has 1 aromatic carbocycles. The van der Waals surface area contributed by atoms with Crippen LogP contribution in [0.3, 0.4) is 0 Å². The molecule has 2 aromatic rings. The predicted octanol–water partition coefficient (Wildman–Crippen LogP) is 4.09. The first-order valence-corrected chi connectivity index (χ1v) is 10.0. The monoisotopic (exact) mass is 360 g/mol. The Morgan fingerprint density at radius 3 is 2.67 bits per heavy atom. The number of primary amides is 1. The van der Waals surface area contributed by atoms with E-state index in [0.717, 1.165) is 36.1 Å². The Hall–Kier alpha value is -1.79. The number of aryl methyl sites for hydroxylation is 1. The number of thiophene rings is 1. The summed E-state index contributed by atoms with van der Waals surface area (Å²) >= 11 is 3.03. The predicted molar refractivity (Wildman–Crippen MR) is 100 cm³/mol. The maximum Gasteiger partial charge on any atom is 0.257 e. The van der Waals surface area contributed by atoms with Gasteiger partial charge in [-0.15, -0.1) is 23.1 Å². The zero-order valence-corrected chi connectivity index (χ0v) is 15.2. The van der Waals surface area contributed by atoms with Crippen molar-refractivity contribution in [3.05, 3.63) is 45.8 Å². The highest BCUT2D eigenvalue weighted by molar-refractivity contribution is 7.98. The summed E-state index contributed by atoms with van der Waals surface area (Å²) in [5.74, 6) is -0.651. The van der Waals surface area contributed by atoms with Gasteiger partial charge in [-0.3, -0.25) is 9.59 Å². The number of rotatable bonds is 4. The van der Waals surface area contributed by atoms with Crippen LogP contribution in [0.2, 0.25) is 0 Å². The molecule has 0 spiro atoms. The van der Waals surface area contributed by atoms with E-state index in [-0.39, 0.29) is 5.91 Å². The van der Waals surface area contributed by atoms with E-state index in [1.807, 2.05) is 24.5 Å². The van der Waals surface area contributed by atoms with Crippen LogP contribution >= 0.6 is 23.1 Å². The Kier molecular flexibility index (Phi) is 5.26. The minimum absolute atomic E-state index is 0.196. The van der Waals surface area contributed by atoms with E-state index in [2.05, 4.69) is 5.32 Å². The lowest BCUT2D eigenvalue weighted by molar-refractivity contribution is 0.100. The van der Waals surface area contributed by atoms with Gasteiger partial charge in [0.15, 0.2) is 0 Å². The van der Waals surface area contributed by atoms with Crippen LogP contribution in [0.5, 0.6) is 0 Å². The van der Waals surface area contributed by atoms with Crippen molar-refractivity contribution < 1.29 is 9.59 Å². The van der Waals surface area contributed by atoms with Gasteiger partial charge in [0.1, 0.15) is 5.00 Å². The number of benzene rings is 1. The van der Waals surface area contributed by atoms with E-state index in [1.165, 1.54) is 34.4 Å². The van der Waals surface area contributed by atoms with Crippen LogP contribution in [-0.2, 0) is 12.8 Å². The second-order valence-electron chi connectivity index (χ2n) is 5.79. The number of fused-ring (bicyclic) bond motifs is 1. The largest absolute Gasteiger partial charge is 0.365 e. The van der Waals surface area contributed by atoms with Crippen LogP contribution in [0, 0.1) is 0 Å². The Labute approximate surface area is 149 Å². The fourth-order valence-corrected chi connectivity index (χ4v) is 4.98. The number of carbonyl (C=O) groups excluding carboxylic acids is 2. The lowest BCUT2D eigenvalue weighted by Crippen LogP contribution is -2.18. The van der Waals surface area contributed by atoms with Crippen molar-refractivity contribution in [2.24, 2.45) is 5.73 Å². The molecule has 6 heteroatoms. The van der Waals surface area contributed by atoms with Crippen molar-refractivity contribution in [2.45, 2.75) is 37.0 Å². The standard InChI is InChI=1S/C18H20N2O2S2/c1-23-13-9-6-5-8-12(13)17(22)20-18-15(16(19)21)11-7-3-2-4-10-14(11)24-18/h5-6,8-9H,2-4,7,10H2,1H3,(H2,19,21)(H,20,22).